The SMILES string of the molecule is COC(=O)c1[c]cc(Cl)cc1. The van der Waals surface area contributed by atoms with Gasteiger partial charge in [-0.15, -0.1) is 0 Å². The number of esters is 1. The fourth-order valence-corrected chi connectivity index (χ4v) is 0.760. The Kier molecular flexibility index (Phi) is 2.49. The first kappa shape index (κ1) is 8.08. The van der Waals surface area contributed by atoms with Crippen LogP contribution < -0.4 is 0 Å². The number of rotatable bonds is 1. The molecule has 11 heavy (non-hydrogen) atoms. The van der Waals surface area contributed by atoms with E-state index in [0.717, 1.165) is 0 Å². The Balaban J connectivity index is 2.90. The molecule has 1 rings (SSSR count). The van der Waals surface area contributed by atoms with Crippen LogP contribution in [0.25, 0.3) is 0 Å². The van der Waals surface area contributed by atoms with Crippen molar-refractivity contribution in [2.75, 3.05) is 7.11 Å². The molecule has 1 aromatic rings. The molecule has 0 aliphatic carbocycles. The first-order chi connectivity index (χ1) is 5.24. The quantitative estimate of drug-likeness (QED) is 0.601. The number of halogens is 1. The number of hydrogen-bond donors (Lipinski definition) is 0. The number of hydrogen-bond acceptors (Lipinski definition) is 2. The average molecular weight is 170 g/mol. The molecule has 0 atom stereocenters. The largest absolute Gasteiger partial charge is 0.465 e. The van der Waals surface area contributed by atoms with Crippen molar-refractivity contribution in [3.05, 3.63) is 34.9 Å². The van der Waals surface area contributed by atoms with Gasteiger partial charge in [0.05, 0.1) is 12.7 Å². The lowest BCUT2D eigenvalue weighted by atomic mass is 10.2. The van der Waals surface area contributed by atoms with E-state index in [9.17, 15) is 4.79 Å². The van der Waals surface area contributed by atoms with E-state index in [0.29, 0.717) is 10.6 Å². The van der Waals surface area contributed by atoms with Crippen LogP contribution in [-0.2, 0) is 4.74 Å². The van der Waals surface area contributed by atoms with E-state index in [1.165, 1.54) is 13.2 Å². The fraction of sp³-hybridized carbons (Fsp3) is 0.125. The monoisotopic (exact) mass is 169 g/mol. The van der Waals surface area contributed by atoms with Gasteiger partial charge in [0, 0.05) is 5.02 Å². The molecule has 1 radical (unpaired) electrons. The van der Waals surface area contributed by atoms with Crippen molar-refractivity contribution in [1.82, 2.24) is 0 Å². The number of methoxy groups -OCH3 is 1. The molecule has 0 fully saturated rings. The van der Waals surface area contributed by atoms with E-state index < -0.39 is 5.97 Å². The van der Waals surface area contributed by atoms with Gasteiger partial charge in [-0.25, -0.2) is 4.79 Å². The second-order valence-electron chi connectivity index (χ2n) is 1.91. The summed E-state index contributed by atoms with van der Waals surface area (Å²) in [5.74, 6) is -0.401. The molecule has 0 saturated carbocycles. The Morgan fingerprint density at radius 1 is 1.64 bits per heavy atom. The molecule has 0 aliphatic rings. The summed E-state index contributed by atoms with van der Waals surface area (Å²) in [4.78, 5) is 10.8. The number of carbonyl (C=O) groups is 1. The van der Waals surface area contributed by atoms with Crippen LogP contribution >= 0.6 is 11.6 Å². The van der Waals surface area contributed by atoms with Gasteiger partial charge in [0.2, 0.25) is 0 Å². The zero-order valence-corrected chi connectivity index (χ0v) is 6.68. The zero-order chi connectivity index (χ0) is 8.27. The molecule has 2 nitrogen and oxygen atoms in total. The topological polar surface area (TPSA) is 26.3 Å². The Bertz CT molecular complexity index is 253. The molecule has 1 aromatic carbocycles. The summed E-state index contributed by atoms with van der Waals surface area (Å²) in [5, 5.41) is 0.553. The second-order valence-corrected chi connectivity index (χ2v) is 2.35. The maximum absolute atomic E-state index is 10.8. The zero-order valence-electron chi connectivity index (χ0n) is 5.93. The minimum Gasteiger partial charge on any atom is -0.465 e. The molecular weight excluding hydrogens is 164 g/mol. The summed E-state index contributed by atoms with van der Waals surface area (Å²) in [7, 11) is 1.32. The van der Waals surface area contributed by atoms with Crippen LogP contribution in [0.3, 0.4) is 0 Å². The van der Waals surface area contributed by atoms with Crippen molar-refractivity contribution >= 4 is 17.6 Å². The van der Waals surface area contributed by atoms with E-state index in [1.54, 1.807) is 12.1 Å². The van der Waals surface area contributed by atoms with Gasteiger partial charge >= 0.3 is 5.97 Å². The van der Waals surface area contributed by atoms with Gasteiger partial charge in [0.25, 0.3) is 0 Å². The molecule has 0 amide bonds. The maximum Gasteiger partial charge on any atom is 0.338 e. The third-order valence-corrected chi connectivity index (χ3v) is 1.42. The van der Waals surface area contributed by atoms with Gasteiger partial charge in [0.15, 0.2) is 0 Å². The molecule has 0 heterocycles. The van der Waals surface area contributed by atoms with Crippen molar-refractivity contribution in [3.8, 4) is 0 Å². The van der Waals surface area contributed by atoms with E-state index in [2.05, 4.69) is 10.8 Å². The Morgan fingerprint density at radius 2 is 2.36 bits per heavy atom. The van der Waals surface area contributed by atoms with Crippen molar-refractivity contribution < 1.29 is 9.53 Å². The van der Waals surface area contributed by atoms with Crippen molar-refractivity contribution in [3.63, 3.8) is 0 Å². The minimum absolute atomic E-state index is 0.386. The summed E-state index contributed by atoms with van der Waals surface area (Å²) in [6, 6.07) is 7.38. The van der Waals surface area contributed by atoms with Gasteiger partial charge in [-0.1, -0.05) is 11.6 Å². The first-order valence-electron chi connectivity index (χ1n) is 2.99. The first-order valence-corrected chi connectivity index (χ1v) is 3.37. The molecule has 57 valence electrons. The van der Waals surface area contributed by atoms with Gasteiger partial charge < -0.3 is 4.74 Å². The molecule has 0 bridgehead atoms. The smallest absolute Gasteiger partial charge is 0.338 e. The van der Waals surface area contributed by atoms with Gasteiger partial charge in [-0.2, -0.15) is 0 Å². The number of benzene rings is 1. The Hall–Kier alpha value is -1.02. The third-order valence-electron chi connectivity index (χ3n) is 1.18. The Labute approximate surface area is 69.7 Å². The molecule has 0 saturated heterocycles. The molecule has 0 aliphatic heterocycles. The molecule has 0 N–H and O–H groups in total. The third kappa shape index (κ3) is 1.95. The van der Waals surface area contributed by atoms with Crippen molar-refractivity contribution in [2.24, 2.45) is 0 Å². The normalized spacial score (nSPS) is 9.27. The van der Waals surface area contributed by atoms with Crippen molar-refractivity contribution in [1.29, 1.82) is 0 Å². The summed E-state index contributed by atoms with van der Waals surface area (Å²) < 4.78 is 4.46. The highest BCUT2D eigenvalue weighted by Crippen LogP contribution is 2.09. The number of ether oxygens (including phenoxy) is 1. The standard InChI is InChI=1S/C8H6ClO2/c1-11-8(10)6-2-4-7(9)5-3-6/h2,4-5H,1H3. The molecule has 0 spiro atoms. The van der Waals surface area contributed by atoms with Gasteiger partial charge in [-0.05, 0) is 24.3 Å². The predicted octanol–water partition coefficient (Wildman–Crippen LogP) is 1.93. The van der Waals surface area contributed by atoms with E-state index in [-0.39, 0.29) is 0 Å². The van der Waals surface area contributed by atoms with E-state index in [1.807, 2.05) is 0 Å². The second kappa shape index (κ2) is 3.39. The lowest BCUT2D eigenvalue weighted by molar-refractivity contribution is 0.0600. The van der Waals surface area contributed by atoms with E-state index in [4.69, 9.17) is 11.6 Å². The molecule has 3 heteroatoms. The average Bonchev–Trinajstić information content (AvgIpc) is 2.05. The highest BCUT2D eigenvalue weighted by Gasteiger charge is 2.03. The lowest BCUT2D eigenvalue weighted by Gasteiger charge is -1.96. The van der Waals surface area contributed by atoms with Crippen LogP contribution in [0.1, 0.15) is 10.4 Å². The van der Waals surface area contributed by atoms with Gasteiger partial charge in [-0.3, -0.25) is 0 Å². The van der Waals surface area contributed by atoms with Crippen LogP contribution in [-0.4, -0.2) is 13.1 Å². The fourth-order valence-electron chi connectivity index (χ4n) is 0.643. The van der Waals surface area contributed by atoms with Crippen LogP contribution in [0.5, 0.6) is 0 Å². The molecule has 0 unspecified atom stereocenters. The summed E-state index contributed by atoms with van der Waals surface area (Å²) >= 11 is 5.58. The van der Waals surface area contributed by atoms with Crippen LogP contribution in [0.2, 0.25) is 5.02 Å². The van der Waals surface area contributed by atoms with Crippen LogP contribution in [0.4, 0.5) is 0 Å². The number of carbonyl (C=O) groups excluding carboxylic acids is 1. The van der Waals surface area contributed by atoms with Gasteiger partial charge in [0.1, 0.15) is 0 Å². The maximum atomic E-state index is 10.8. The van der Waals surface area contributed by atoms with Crippen LogP contribution in [0, 0.1) is 6.07 Å². The predicted molar refractivity (Wildman–Crippen MR) is 41.6 cm³/mol. The molecular formula is C8H6ClO2. The summed E-state index contributed by atoms with van der Waals surface area (Å²) in [5.41, 5.74) is 0.386. The van der Waals surface area contributed by atoms with Crippen molar-refractivity contribution in [2.45, 2.75) is 0 Å². The summed E-state index contributed by atoms with van der Waals surface area (Å²) in [6.07, 6.45) is 0. The van der Waals surface area contributed by atoms with E-state index >= 15 is 0 Å². The minimum atomic E-state index is -0.401. The summed E-state index contributed by atoms with van der Waals surface area (Å²) in [6.45, 7) is 0. The highest BCUT2D eigenvalue weighted by atomic mass is 35.5. The Morgan fingerprint density at radius 3 is 2.82 bits per heavy atom. The lowest BCUT2D eigenvalue weighted by Crippen LogP contribution is -2.00. The van der Waals surface area contributed by atoms with Crippen LogP contribution in [0.15, 0.2) is 18.2 Å². The molecule has 0 aromatic heterocycles. The highest BCUT2D eigenvalue weighted by molar-refractivity contribution is 6.30.